The summed E-state index contributed by atoms with van der Waals surface area (Å²) in [6.45, 7) is 2.12. The first-order valence-electron chi connectivity index (χ1n) is 17.0. The highest BCUT2D eigenvalue weighted by atomic mass is 16.5. The number of methoxy groups -OCH3 is 1. The van der Waals surface area contributed by atoms with Gasteiger partial charge in [0.05, 0.1) is 42.5 Å². The Morgan fingerprint density at radius 1 is 0.820 bits per heavy atom. The van der Waals surface area contributed by atoms with Gasteiger partial charge in [-0.3, -0.25) is 29.5 Å². The molecule has 4 aromatic carbocycles. The number of carbonyl (C=O) groups excluding carboxylic acids is 4. The molecule has 0 aromatic heterocycles. The van der Waals surface area contributed by atoms with E-state index < -0.39 is 46.8 Å². The third kappa shape index (κ3) is 4.60. The van der Waals surface area contributed by atoms with Crippen molar-refractivity contribution in [2.75, 3.05) is 12.5 Å². The molecule has 2 heterocycles. The van der Waals surface area contributed by atoms with Crippen LogP contribution in [0.1, 0.15) is 41.0 Å². The zero-order valence-electron chi connectivity index (χ0n) is 27.8. The highest BCUT2D eigenvalue weighted by Crippen LogP contribution is 2.65. The molecular weight excluding hydrogens is 630 g/mol. The van der Waals surface area contributed by atoms with Crippen LogP contribution in [0.3, 0.4) is 0 Å². The van der Waals surface area contributed by atoms with Crippen LogP contribution in [-0.4, -0.2) is 45.8 Å². The molecule has 0 unspecified atom stereocenters. The molecule has 9 heteroatoms. The van der Waals surface area contributed by atoms with Crippen LogP contribution in [0.4, 0.5) is 5.69 Å². The van der Waals surface area contributed by atoms with E-state index in [-0.39, 0.29) is 30.5 Å². The predicted octanol–water partition coefficient (Wildman–Crippen LogP) is 5.89. The van der Waals surface area contributed by atoms with Crippen LogP contribution in [0.15, 0.2) is 115 Å². The minimum absolute atomic E-state index is 0.0863. The summed E-state index contributed by atoms with van der Waals surface area (Å²) in [5, 5.41) is 12.8. The van der Waals surface area contributed by atoms with Gasteiger partial charge in [0, 0.05) is 11.5 Å². The Labute approximate surface area is 290 Å². The van der Waals surface area contributed by atoms with Gasteiger partial charge in [0.2, 0.25) is 11.8 Å². The number of imide groups is 2. The van der Waals surface area contributed by atoms with E-state index in [9.17, 15) is 19.5 Å². The summed E-state index contributed by atoms with van der Waals surface area (Å²) in [6.07, 6.45) is 2.44. The Hall–Kier alpha value is -5.70. The molecule has 4 aliphatic rings. The van der Waals surface area contributed by atoms with E-state index in [0.29, 0.717) is 29.0 Å². The number of benzene rings is 4. The zero-order chi connectivity index (χ0) is 34.7. The number of nitrogens with one attached hydrogen (secondary N) is 1. The molecule has 50 heavy (non-hydrogen) atoms. The number of nitrogens with zero attached hydrogens (tertiary/aromatic N) is 2. The number of anilines is 1. The molecule has 2 aliphatic carbocycles. The zero-order valence-corrected chi connectivity index (χ0v) is 27.8. The quantitative estimate of drug-likeness (QED) is 0.186. The van der Waals surface area contributed by atoms with Gasteiger partial charge in [-0.25, -0.2) is 0 Å². The molecule has 2 aliphatic heterocycles. The molecule has 1 saturated carbocycles. The third-order valence-electron chi connectivity index (χ3n) is 11.2. The van der Waals surface area contributed by atoms with Gasteiger partial charge in [-0.05, 0) is 61.1 Å². The van der Waals surface area contributed by atoms with Gasteiger partial charge in [-0.1, -0.05) is 96.1 Å². The monoisotopic (exact) mass is 667 g/mol. The summed E-state index contributed by atoms with van der Waals surface area (Å²) >= 11 is 0. The number of aromatic hydroxyl groups is 1. The van der Waals surface area contributed by atoms with Crippen molar-refractivity contribution in [1.82, 2.24) is 9.91 Å². The number of amides is 4. The number of phenolic OH excluding ortho intramolecular Hbond substituents is 1. The van der Waals surface area contributed by atoms with E-state index in [0.717, 1.165) is 21.7 Å². The SMILES string of the molecule is COc1cccc(O)c1[C@H]1C2=CC[C@@H]3C(=O)N(Cc4ccccc4)C(=O)[C@@H]3[C@@H]2C[C@H]2C(=O)N(Nc3ccc(C)cc3)C(=O)[C@@]12c1ccccc1. The molecule has 3 fully saturated rings. The molecule has 252 valence electrons. The van der Waals surface area contributed by atoms with Crippen molar-refractivity contribution < 1.29 is 29.0 Å². The largest absolute Gasteiger partial charge is 0.508 e. The van der Waals surface area contributed by atoms with E-state index in [1.165, 1.54) is 12.0 Å². The van der Waals surface area contributed by atoms with E-state index >= 15 is 4.79 Å². The Bertz CT molecular complexity index is 2050. The van der Waals surface area contributed by atoms with Crippen molar-refractivity contribution in [3.63, 3.8) is 0 Å². The maximum Gasteiger partial charge on any atom is 0.260 e. The first kappa shape index (κ1) is 31.6. The molecule has 0 spiro atoms. The highest BCUT2D eigenvalue weighted by molar-refractivity contribution is 6.13. The van der Waals surface area contributed by atoms with Gasteiger partial charge in [-0.15, -0.1) is 0 Å². The summed E-state index contributed by atoms with van der Waals surface area (Å²) in [6, 6.07) is 31.0. The smallest absolute Gasteiger partial charge is 0.260 e. The minimum atomic E-state index is -1.51. The van der Waals surface area contributed by atoms with Gasteiger partial charge in [0.15, 0.2) is 0 Å². The number of hydrogen-bond acceptors (Lipinski definition) is 7. The van der Waals surface area contributed by atoms with Crippen LogP contribution < -0.4 is 10.2 Å². The van der Waals surface area contributed by atoms with Crippen LogP contribution >= 0.6 is 0 Å². The topological polar surface area (TPSA) is 116 Å². The molecule has 8 rings (SSSR count). The number of hydrazine groups is 1. The van der Waals surface area contributed by atoms with E-state index in [2.05, 4.69) is 5.43 Å². The Morgan fingerprint density at radius 2 is 1.52 bits per heavy atom. The highest BCUT2D eigenvalue weighted by Gasteiger charge is 2.71. The second kappa shape index (κ2) is 12.0. The molecule has 4 amide bonds. The molecular formula is C41H37N3O6. The summed E-state index contributed by atoms with van der Waals surface area (Å²) in [7, 11) is 1.50. The third-order valence-corrected chi connectivity index (χ3v) is 11.2. The number of hydrogen-bond donors (Lipinski definition) is 2. The molecule has 4 aromatic rings. The lowest BCUT2D eigenvalue weighted by Crippen LogP contribution is -2.53. The maximum atomic E-state index is 15.3. The van der Waals surface area contributed by atoms with Gasteiger partial charge in [0.25, 0.3) is 11.8 Å². The van der Waals surface area contributed by atoms with Gasteiger partial charge >= 0.3 is 0 Å². The summed E-state index contributed by atoms with van der Waals surface area (Å²) in [5.74, 6) is -4.81. The van der Waals surface area contributed by atoms with E-state index in [1.807, 2.05) is 97.9 Å². The molecule has 9 nitrogen and oxygen atoms in total. The molecule has 0 bridgehead atoms. The fraction of sp³-hybridized carbons (Fsp3) is 0.268. The first-order valence-corrected chi connectivity index (χ1v) is 17.0. The van der Waals surface area contributed by atoms with Crippen molar-refractivity contribution in [3.8, 4) is 11.5 Å². The van der Waals surface area contributed by atoms with Crippen molar-refractivity contribution in [1.29, 1.82) is 0 Å². The number of phenols is 1. The van der Waals surface area contributed by atoms with Crippen LogP contribution in [0.2, 0.25) is 0 Å². The maximum absolute atomic E-state index is 15.3. The van der Waals surface area contributed by atoms with Crippen molar-refractivity contribution in [2.45, 2.75) is 37.6 Å². The number of ether oxygens (including phenoxy) is 1. The molecule has 0 radical (unpaired) electrons. The summed E-state index contributed by atoms with van der Waals surface area (Å²) in [5.41, 5.74) is 5.78. The van der Waals surface area contributed by atoms with E-state index in [1.54, 1.807) is 18.2 Å². The average molecular weight is 668 g/mol. The second-order valence-corrected chi connectivity index (χ2v) is 13.7. The Morgan fingerprint density at radius 3 is 2.22 bits per heavy atom. The van der Waals surface area contributed by atoms with Crippen LogP contribution in [-0.2, 0) is 31.1 Å². The number of allylic oxidation sites excluding steroid dienone is 2. The molecule has 2 N–H and O–H groups in total. The lowest BCUT2D eigenvalue weighted by atomic mass is 9.49. The second-order valence-electron chi connectivity index (χ2n) is 13.7. The molecule has 6 atom stereocenters. The number of rotatable bonds is 7. The fourth-order valence-electron chi connectivity index (χ4n) is 9.05. The van der Waals surface area contributed by atoms with Gasteiger partial charge in [0.1, 0.15) is 11.5 Å². The number of carbonyl (C=O) groups is 4. The minimum Gasteiger partial charge on any atom is -0.508 e. The summed E-state index contributed by atoms with van der Waals surface area (Å²) in [4.78, 5) is 59.7. The normalized spacial score (nSPS) is 27.1. The van der Waals surface area contributed by atoms with Crippen molar-refractivity contribution in [3.05, 3.63) is 137 Å². The Kier molecular flexibility index (Phi) is 7.58. The fourth-order valence-corrected chi connectivity index (χ4v) is 9.05. The number of fused-ring (bicyclic) bond motifs is 4. The average Bonchev–Trinajstić information content (AvgIpc) is 3.50. The standard InChI is InChI=1S/C41H37N3O6/c1-24-16-18-27(19-17-24)42-44-38(47)31-22-30-28(20-21-29-34(30)39(48)43(37(29)46)23-25-10-5-3-6-11-25)36(35-32(45)14-9-15-33(35)50-2)41(31,40(44)49)26-12-7-4-8-13-26/h3-20,29-31,34,36,42,45H,21-23H2,1-2H3/t29-,30+,31-,34-,36+,41+/m0/s1. The predicted molar refractivity (Wildman–Crippen MR) is 185 cm³/mol. The van der Waals surface area contributed by atoms with Gasteiger partial charge in [-0.2, -0.15) is 5.01 Å². The van der Waals surface area contributed by atoms with Crippen LogP contribution in [0.25, 0.3) is 0 Å². The van der Waals surface area contributed by atoms with Crippen molar-refractivity contribution >= 4 is 29.3 Å². The summed E-state index contributed by atoms with van der Waals surface area (Å²) < 4.78 is 5.85. The lowest BCUT2D eigenvalue weighted by Gasteiger charge is -2.50. The van der Waals surface area contributed by atoms with E-state index in [4.69, 9.17) is 4.74 Å². The van der Waals surface area contributed by atoms with Crippen LogP contribution in [0.5, 0.6) is 11.5 Å². The molecule has 2 saturated heterocycles. The van der Waals surface area contributed by atoms with Gasteiger partial charge < -0.3 is 9.84 Å². The van der Waals surface area contributed by atoms with Crippen molar-refractivity contribution in [2.24, 2.45) is 23.7 Å². The number of likely N-dealkylation sites (tertiary alicyclic amines) is 1. The lowest BCUT2D eigenvalue weighted by molar-refractivity contribution is -0.142. The first-order chi connectivity index (χ1) is 24.2. The van der Waals surface area contributed by atoms with Crippen LogP contribution in [0, 0.1) is 30.6 Å². The Balaban J connectivity index is 1.32. The number of aryl methyl sites for hydroxylation is 1.